The number of nitrogens with zero attached hydrogens (tertiary/aromatic N) is 1. The molecule has 0 heterocycles. The maximum absolute atomic E-state index is 11.6. The van der Waals surface area contributed by atoms with Gasteiger partial charge in [-0.25, -0.2) is 0 Å². The van der Waals surface area contributed by atoms with Crippen LogP contribution >= 0.6 is 0 Å². The van der Waals surface area contributed by atoms with Crippen molar-refractivity contribution in [1.82, 2.24) is 10.2 Å². The molecule has 2 rings (SSSR count). The standard InChI is InChI=1S/C25H44N2O3/c1-5-6-8-18(2)13-21(28)10-11-22-23-15-19(14-20(23)16-24(22)29)17-26-12-7-9-25(30)27(3)4/h10-11,14,18,20-24,26,28-29H,5-9,12-13,15-17H2,1-4H3/b11-10+/t18-,20-,21+,22+,23-,24+/m0/s1. The van der Waals surface area contributed by atoms with E-state index in [4.69, 9.17) is 0 Å². The molecule has 0 aromatic heterocycles. The van der Waals surface area contributed by atoms with Gasteiger partial charge in [0.15, 0.2) is 0 Å². The van der Waals surface area contributed by atoms with Crippen molar-refractivity contribution in [2.75, 3.05) is 27.2 Å². The molecule has 5 heteroatoms. The summed E-state index contributed by atoms with van der Waals surface area (Å²) in [7, 11) is 3.59. The molecule has 3 N–H and O–H groups in total. The Kier molecular flexibility index (Phi) is 10.6. The Morgan fingerprint density at radius 1 is 1.37 bits per heavy atom. The predicted molar refractivity (Wildman–Crippen MR) is 123 cm³/mol. The van der Waals surface area contributed by atoms with Crippen LogP contribution in [0.1, 0.15) is 65.2 Å². The van der Waals surface area contributed by atoms with E-state index >= 15 is 0 Å². The molecule has 0 spiro atoms. The number of fused-ring (bicyclic) bond motifs is 1. The monoisotopic (exact) mass is 420 g/mol. The lowest BCUT2D eigenvalue weighted by molar-refractivity contribution is -0.128. The highest BCUT2D eigenvalue weighted by Gasteiger charge is 2.43. The highest BCUT2D eigenvalue weighted by atomic mass is 16.3. The number of carbonyl (C=O) groups excluding carboxylic acids is 1. The van der Waals surface area contributed by atoms with Crippen molar-refractivity contribution in [3.8, 4) is 0 Å². The maximum atomic E-state index is 11.6. The zero-order valence-electron chi connectivity index (χ0n) is 19.5. The van der Waals surface area contributed by atoms with Crippen LogP contribution in [0.5, 0.6) is 0 Å². The molecule has 172 valence electrons. The van der Waals surface area contributed by atoms with Crippen LogP contribution in [-0.4, -0.2) is 60.4 Å². The number of unbranched alkanes of at least 4 members (excludes halogenated alkanes) is 1. The van der Waals surface area contributed by atoms with E-state index in [0.717, 1.165) is 38.8 Å². The summed E-state index contributed by atoms with van der Waals surface area (Å²) in [5.41, 5.74) is 1.42. The van der Waals surface area contributed by atoms with Crippen molar-refractivity contribution in [1.29, 1.82) is 0 Å². The molecule has 0 aromatic carbocycles. The molecule has 1 fully saturated rings. The van der Waals surface area contributed by atoms with Gasteiger partial charge in [0.2, 0.25) is 5.91 Å². The lowest BCUT2D eigenvalue weighted by Crippen LogP contribution is -2.24. The lowest BCUT2D eigenvalue weighted by atomic mass is 9.88. The second kappa shape index (κ2) is 12.6. The third kappa shape index (κ3) is 7.82. The van der Waals surface area contributed by atoms with Crippen molar-refractivity contribution in [2.24, 2.45) is 23.7 Å². The molecule has 30 heavy (non-hydrogen) atoms. The summed E-state index contributed by atoms with van der Waals surface area (Å²) in [6, 6.07) is 0. The summed E-state index contributed by atoms with van der Waals surface area (Å²) in [5, 5.41) is 24.4. The van der Waals surface area contributed by atoms with Crippen LogP contribution in [0.3, 0.4) is 0 Å². The van der Waals surface area contributed by atoms with Crippen molar-refractivity contribution in [3.05, 3.63) is 23.8 Å². The van der Waals surface area contributed by atoms with Gasteiger partial charge in [0, 0.05) is 33.0 Å². The van der Waals surface area contributed by atoms with Gasteiger partial charge in [-0.15, -0.1) is 0 Å². The number of hydrogen-bond donors (Lipinski definition) is 3. The average molecular weight is 421 g/mol. The highest BCUT2D eigenvalue weighted by Crippen LogP contribution is 2.47. The average Bonchev–Trinajstić information content (AvgIpc) is 3.20. The number of amides is 1. The van der Waals surface area contributed by atoms with Crippen LogP contribution in [0.4, 0.5) is 0 Å². The maximum Gasteiger partial charge on any atom is 0.222 e. The van der Waals surface area contributed by atoms with Gasteiger partial charge in [0.1, 0.15) is 0 Å². The van der Waals surface area contributed by atoms with Crippen molar-refractivity contribution in [2.45, 2.75) is 77.4 Å². The zero-order valence-corrected chi connectivity index (χ0v) is 19.5. The van der Waals surface area contributed by atoms with Gasteiger partial charge in [-0.05, 0) is 50.0 Å². The Morgan fingerprint density at radius 2 is 2.13 bits per heavy atom. The molecule has 6 atom stereocenters. The summed E-state index contributed by atoms with van der Waals surface area (Å²) in [4.78, 5) is 13.3. The van der Waals surface area contributed by atoms with E-state index in [9.17, 15) is 15.0 Å². The second-order valence-electron chi connectivity index (χ2n) is 9.74. The van der Waals surface area contributed by atoms with E-state index in [1.54, 1.807) is 19.0 Å². The topological polar surface area (TPSA) is 72.8 Å². The van der Waals surface area contributed by atoms with Gasteiger partial charge >= 0.3 is 0 Å². The number of nitrogens with one attached hydrogen (secondary N) is 1. The Bertz CT molecular complexity index is 587. The first-order valence-electron chi connectivity index (χ1n) is 12.0. The second-order valence-corrected chi connectivity index (χ2v) is 9.74. The fourth-order valence-corrected chi connectivity index (χ4v) is 4.99. The molecule has 0 unspecified atom stereocenters. The quantitative estimate of drug-likeness (QED) is 0.315. The Morgan fingerprint density at radius 3 is 2.83 bits per heavy atom. The Balaban J connectivity index is 1.73. The molecule has 0 aliphatic heterocycles. The number of aliphatic hydroxyl groups is 2. The number of hydrogen-bond acceptors (Lipinski definition) is 4. The molecule has 1 amide bonds. The number of rotatable bonds is 13. The molecule has 2 aliphatic rings. The normalized spacial score (nSPS) is 27.9. The summed E-state index contributed by atoms with van der Waals surface area (Å²) >= 11 is 0. The molecular weight excluding hydrogens is 376 g/mol. The third-order valence-corrected chi connectivity index (χ3v) is 6.79. The van der Waals surface area contributed by atoms with Gasteiger partial charge in [-0.1, -0.05) is 56.9 Å². The molecule has 2 aliphatic carbocycles. The van der Waals surface area contributed by atoms with E-state index < -0.39 is 6.10 Å². The van der Waals surface area contributed by atoms with Gasteiger partial charge in [-0.2, -0.15) is 0 Å². The number of carbonyl (C=O) groups is 1. The van der Waals surface area contributed by atoms with Crippen molar-refractivity contribution in [3.63, 3.8) is 0 Å². The first-order valence-corrected chi connectivity index (χ1v) is 12.0. The molecule has 5 nitrogen and oxygen atoms in total. The molecule has 0 aromatic rings. The van der Waals surface area contributed by atoms with Crippen LogP contribution in [0.2, 0.25) is 0 Å². The van der Waals surface area contributed by atoms with Crippen molar-refractivity contribution >= 4 is 5.91 Å². The molecular formula is C25H44N2O3. The van der Waals surface area contributed by atoms with Crippen molar-refractivity contribution < 1.29 is 15.0 Å². The van der Waals surface area contributed by atoms with Crippen LogP contribution in [0.25, 0.3) is 0 Å². The summed E-state index contributed by atoms with van der Waals surface area (Å²) < 4.78 is 0. The zero-order chi connectivity index (χ0) is 22.1. The fraction of sp³-hybridized carbons (Fsp3) is 0.800. The van der Waals surface area contributed by atoms with E-state index in [1.165, 1.54) is 24.8 Å². The molecule has 0 saturated heterocycles. The van der Waals surface area contributed by atoms with Crippen LogP contribution < -0.4 is 5.32 Å². The van der Waals surface area contributed by atoms with Gasteiger partial charge in [-0.3, -0.25) is 4.79 Å². The first kappa shape index (κ1) is 25.1. The first-order chi connectivity index (χ1) is 14.3. The smallest absolute Gasteiger partial charge is 0.222 e. The van der Waals surface area contributed by atoms with Crippen LogP contribution in [-0.2, 0) is 4.79 Å². The predicted octanol–water partition coefficient (Wildman–Crippen LogP) is 3.52. The largest absolute Gasteiger partial charge is 0.392 e. The minimum absolute atomic E-state index is 0.141. The Labute approximate surface area is 183 Å². The minimum Gasteiger partial charge on any atom is -0.392 e. The third-order valence-electron chi connectivity index (χ3n) is 6.79. The number of aliphatic hydroxyl groups excluding tert-OH is 2. The van der Waals surface area contributed by atoms with E-state index in [-0.39, 0.29) is 17.9 Å². The summed E-state index contributed by atoms with van der Waals surface area (Å²) in [5.74, 6) is 1.75. The lowest BCUT2D eigenvalue weighted by Gasteiger charge is -2.19. The Hall–Kier alpha value is -1.17. The molecule has 1 saturated carbocycles. The summed E-state index contributed by atoms with van der Waals surface area (Å²) in [6.07, 6.45) is 13.3. The van der Waals surface area contributed by atoms with Crippen LogP contribution in [0.15, 0.2) is 23.8 Å². The highest BCUT2D eigenvalue weighted by molar-refractivity contribution is 5.75. The molecule has 0 radical (unpaired) electrons. The van der Waals surface area contributed by atoms with E-state index in [0.29, 0.717) is 24.2 Å². The van der Waals surface area contributed by atoms with Crippen LogP contribution in [0, 0.1) is 23.7 Å². The van der Waals surface area contributed by atoms with E-state index in [1.807, 2.05) is 6.08 Å². The van der Waals surface area contributed by atoms with Gasteiger partial charge in [0.05, 0.1) is 12.2 Å². The summed E-state index contributed by atoms with van der Waals surface area (Å²) in [6.45, 7) is 6.13. The minimum atomic E-state index is -0.413. The van der Waals surface area contributed by atoms with Gasteiger partial charge in [0.25, 0.3) is 0 Å². The SMILES string of the molecule is CCCC[C@H](C)C[C@H](O)/C=C/[C@@H]1[C@H]2CC(CNCCCC(=O)N(C)C)=C[C@H]2C[C@H]1O. The van der Waals surface area contributed by atoms with Gasteiger partial charge < -0.3 is 20.4 Å². The number of allylic oxidation sites excluding steroid dienone is 1. The molecule has 0 bridgehead atoms. The fourth-order valence-electron chi connectivity index (χ4n) is 4.99. The van der Waals surface area contributed by atoms with E-state index in [2.05, 4.69) is 31.3 Å².